The summed E-state index contributed by atoms with van der Waals surface area (Å²) >= 11 is 1.30. The Balaban J connectivity index is 1.43. The summed E-state index contributed by atoms with van der Waals surface area (Å²) in [6, 6.07) is -0.507. The van der Waals surface area contributed by atoms with Crippen LogP contribution in [-0.2, 0) is 16.0 Å². The van der Waals surface area contributed by atoms with Gasteiger partial charge in [-0.05, 0) is 38.0 Å². The number of hydrogen-bond acceptors (Lipinski definition) is 6. The van der Waals surface area contributed by atoms with Crippen molar-refractivity contribution in [1.29, 1.82) is 0 Å². The fourth-order valence-electron chi connectivity index (χ4n) is 4.31. The lowest BCUT2D eigenvalue weighted by molar-refractivity contribution is -0.142. The highest BCUT2D eigenvalue weighted by molar-refractivity contribution is 7.15. The molecule has 0 aromatic carbocycles. The van der Waals surface area contributed by atoms with Gasteiger partial charge in [-0.15, -0.1) is 10.2 Å². The molecular weight excluding hydrogens is 354 g/mol. The lowest BCUT2D eigenvalue weighted by atomic mass is 9.63. The Labute approximate surface area is 155 Å². The summed E-state index contributed by atoms with van der Waals surface area (Å²) in [6.07, 6.45) is 6.10. The Morgan fingerprint density at radius 1 is 1.23 bits per heavy atom. The molecule has 2 bridgehead atoms. The van der Waals surface area contributed by atoms with Crippen molar-refractivity contribution in [1.82, 2.24) is 20.4 Å². The molecule has 3 aliphatic carbocycles. The maximum atomic E-state index is 12.8. The van der Waals surface area contributed by atoms with Crippen LogP contribution in [0.25, 0.3) is 0 Å². The van der Waals surface area contributed by atoms with Gasteiger partial charge in [0.05, 0.1) is 11.8 Å². The van der Waals surface area contributed by atoms with E-state index < -0.39 is 12.2 Å². The number of nitrogens with one attached hydrogen (secondary N) is 2. The number of carbonyl (C=O) groups excluding carboxylic acids is 3. The number of anilines is 1. The van der Waals surface area contributed by atoms with E-state index in [0.717, 1.165) is 24.3 Å². The second-order valence-electron chi connectivity index (χ2n) is 7.02. The molecule has 4 amide bonds. The third-order valence-corrected chi connectivity index (χ3v) is 6.49. The first kappa shape index (κ1) is 17.1. The molecule has 1 aromatic rings. The van der Waals surface area contributed by atoms with Gasteiger partial charge in [0.2, 0.25) is 16.9 Å². The highest BCUT2D eigenvalue weighted by atomic mass is 32.1. The van der Waals surface area contributed by atoms with Crippen molar-refractivity contribution in [2.75, 3.05) is 5.32 Å². The number of aryl methyl sites for hydroxylation is 1. The number of allylic oxidation sites excluding steroid dienone is 2. The van der Waals surface area contributed by atoms with Crippen LogP contribution >= 0.6 is 11.3 Å². The summed E-state index contributed by atoms with van der Waals surface area (Å²) < 4.78 is 0. The molecular formula is C17H21N5O3S. The van der Waals surface area contributed by atoms with Gasteiger partial charge in [0.1, 0.15) is 11.2 Å². The van der Waals surface area contributed by atoms with Crippen molar-refractivity contribution in [2.45, 2.75) is 39.3 Å². The Hall–Kier alpha value is -2.29. The number of amides is 4. The van der Waals surface area contributed by atoms with Crippen molar-refractivity contribution in [3.8, 4) is 0 Å². The lowest BCUT2D eigenvalue weighted by Gasteiger charge is -2.38. The fraction of sp³-hybridized carbons (Fsp3) is 0.588. The largest absolute Gasteiger partial charge is 0.322 e. The molecule has 26 heavy (non-hydrogen) atoms. The highest BCUT2D eigenvalue weighted by Crippen LogP contribution is 2.49. The zero-order valence-corrected chi connectivity index (χ0v) is 15.5. The fourth-order valence-corrected chi connectivity index (χ4v) is 4.99. The lowest BCUT2D eigenvalue weighted by Crippen LogP contribution is -2.50. The summed E-state index contributed by atoms with van der Waals surface area (Å²) in [7, 11) is 0. The van der Waals surface area contributed by atoms with E-state index in [-0.39, 0.29) is 35.5 Å². The van der Waals surface area contributed by atoms with Gasteiger partial charge in [-0.2, -0.15) is 0 Å². The summed E-state index contributed by atoms with van der Waals surface area (Å²) in [5.74, 6) is -0.600. The molecule has 2 heterocycles. The standard InChI is InChI=1S/C17H21N5O3S/c1-3-11-20-21-17(26-11)19-16(25)18-8(2)22-14(23)12-9-4-5-10(7-6-9)13(12)15(22)24/h4-5,8-10,12-13H,3,6-7H2,1-2H3,(H2,18,19,21,25)/t8-,9-,10-,12-,13-/m0/s1. The molecule has 138 valence electrons. The van der Waals surface area contributed by atoms with Crippen molar-refractivity contribution >= 4 is 34.3 Å². The van der Waals surface area contributed by atoms with E-state index in [4.69, 9.17) is 0 Å². The van der Waals surface area contributed by atoms with Gasteiger partial charge in [-0.25, -0.2) is 4.79 Å². The van der Waals surface area contributed by atoms with Gasteiger partial charge >= 0.3 is 6.03 Å². The topological polar surface area (TPSA) is 104 Å². The molecule has 5 rings (SSSR count). The van der Waals surface area contributed by atoms with Crippen molar-refractivity contribution < 1.29 is 14.4 Å². The molecule has 0 spiro atoms. The number of hydrogen-bond donors (Lipinski definition) is 2. The van der Waals surface area contributed by atoms with Crippen LogP contribution in [0.2, 0.25) is 0 Å². The van der Waals surface area contributed by atoms with Crippen LogP contribution in [0.1, 0.15) is 31.7 Å². The van der Waals surface area contributed by atoms with Gasteiger partial charge < -0.3 is 5.32 Å². The van der Waals surface area contributed by atoms with Gasteiger partial charge in [0, 0.05) is 0 Å². The van der Waals surface area contributed by atoms with E-state index in [9.17, 15) is 14.4 Å². The van der Waals surface area contributed by atoms with E-state index >= 15 is 0 Å². The molecule has 0 radical (unpaired) electrons. The van der Waals surface area contributed by atoms with Crippen LogP contribution in [0.15, 0.2) is 12.2 Å². The highest BCUT2D eigenvalue weighted by Gasteiger charge is 2.57. The molecule has 1 aliphatic heterocycles. The average Bonchev–Trinajstić information content (AvgIpc) is 3.19. The molecule has 2 fully saturated rings. The first-order valence-corrected chi connectivity index (χ1v) is 9.76. The maximum Gasteiger partial charge on any atom is 0.322 e. The average molecular weight is 375 g/mol. The summed E-state index contributed by atoms with van der Waals surface area (Å²) in [6.45, 7) is 3.61. The van der Waals surface area contributed by atoms with Gasteiger partial charge in [0.25, 0.3) is 0 Å². The molecule has 0 unspecified atom stereocenters. The van der Waals surface area contributed by atoms with Crippen LogP contribution < -0.4 is 10.6 Å². The van der Waals surface area contributed by atoms with E-state index in [1.165, 1.54) is 16.2 Å². The van der Waals surface area contributed by atoms with Crippen LogP contribution in [0.5, 0.6) is 0 Å². The molecule has 1 saturated carbocycles. The van der Waals surface area contributed by atoms with Crippen molar-refractivity contribution in [3.63, 3.8) is 0 Å². The number of rotatable bonds is 4. The molecule has 2 N–H and O–H groups in total. The second kappa shape index (κ2) is 6.46. The predicted octanol–water partition coefficient (Wildman–Crippen LogP) is 1.77. The number of likely N-dealkylation sites (tertiary alicyclic amines) is 1. The molecule has 8 nitrogen and oxygen atoms in total. The van der Waals surface area contributed by atoms with Gasteiger partial charge in [-0.1, -0.05) is 30.4 Å². The first-order valence-electron chi connectivity index (χ1n) is 8.94. The summed E-state index contributed by atoms with van der Waals surface area (Å²) in [4.78, 5) is 39.1. The molecule has 4 aliphatic rings. The number of fused-ring (bicyclic) bond motifs is 1. The normalized spacial score (nSPS) is 30.5. The minimum absolute atomic E-state index is 0.140. The van der Waals surface area contributed by atoms with Crippen LogP contribution in [-0.4, -0.2) is 39.1 Å². The van der Waals surface area contributed by atoms with Crippen LogP contribution in [0.3, 0.4) is 0 Å². The zero-order valence-electron chi connectivity index (χ0n) is 14.6. The van der Waals surface area contributed by atoms with E-state index in [0.29, 0.717) is 5.13 Å². The minimum Gasteiger partial charge on any atom is -0.317 e. The van der Waals surface area contributed by atoms with Crippen LogP contribution in [0.4, 0.5) is 9.93 Å². The van der Waals surface area contributed by atoms with Crippen LogP contribution in [0, 0.1) is 23.7 Å². The Morgan fingerprint density at radius 2 is 1.85 bits per heavy atom. The Morgan fingerprint density at radius 3 is 2.35 bits per heavy atom. The second-order valence-corrected chi connectivity index (χ2v) is 8.08. The monoisotopic (exact) mass is 375 g/mol. The first-order chi connectivity index (χ1) is 12.5. The van der Waals surface area contributed by atoms with Crippen molar-refractivity contribution in [3.05, 3.63) is 17.2 Å². The zero-order chi connectivity index (χ0) is 18.4. The van der Waals surface area contributed by atoms with Gasteiger partial charge in [-0.3, -0.25) is 19.8 Å². The third-order valence-electron chi connectivity index (χ3n) is 5.51. The third kappa shape index (κ3) is 2.70. The SMILES string of the molecule is CCc1nnc(NC(=O)N[C@H](C)N2C(=O)[C@@H]3[C@@H](C2=O)[C@H]2C=C[C@H]3CC2)s1. The maximum absolute atomic E-state index is 12.8. The smallest absolute Gasteiger partial charge is 0.317 e. The number of nitrogens with zero attached hydrogens (tertiary/aromatic N) is 3. The van der Waals surface area contributed by atoms with Gasteiger partial charge in [0.15, 0.2) is 0 Å². The van der Waals surface area contributed by atoms with E-state index in [1.807, 2.05) is 6.92 Å². The Kier molecular flexibility index (Phi) is 4.26. The molecule has 5 atom stereocenters. The Bertz CT molecular complexity index is 759. The molecule has 1 aromatic heterocycles. The van der Waals surface area contributed by atoms with E-state index in [2.05, 4.69) is 33.0 Å². The number of urea groups is 1. The quantitative estimate of drug-likeness (QED) is 0.616. The number of aromatic nitrogens is 2. The number of carbonyl (C=O) groups is 3. The predicted molar refractivity (Wildman–Crippen MR) is 95.1 cm³/mol. The molecule has 1 saturated heterocycles. The molecule has 9 heteroatoms. The van der Waals surface area contributed by atoms with E-state index in [1.54, 1.807) is 6.92 Å². The summed E-state index contributed by atoms with van der Waals surface area (Å²) in [5, 5.41) is 14.3. The minimum atomic E-state index is -0.710. The summed E-state index contributed by atoms with van der Waals surface area (Å²) in [5.41, 5.74) is 0. The van der Waals surface area contributed by atoms with Crippen molar-refractivity contribution in [2.24, 2.45) is 23.7 Å². The number of imide groups is 1.